The molecular formula is C23H24N4O4. The molecule has 8 heteroatoms. The summed E-state index contributed by atoms with van der Waals surface area (Å²) in [5.74, 6) is 0.868. The Kier molecular flexibility index (Phi) is 6.26. The first-order valence-corrected chi connectivity index (χ1v) is 10.2. The van der Waals surface area contributed by atoms with Crippen molar-refractivity contribution in [2.24, 2.45) is 0 Å². The summed E-state index contributed by atoms with van der Waals surface area (Å²) in [7, 11) is 1.63. The molecule has 1 N–H and O–H groups in total. The molecule has 2 aromatic heterocycles. The lowest BCUT2D eigenvalue weighted by Gasteiger charge is -2.20. The molecule has 1 aliphatic carbocycles. The molecule has 0 bridgehead atoms. The first-order valence-electron chi connectivity index (χ1n) is 10.2. The zero-order chi connectivity index (χ0) is 21.6. The van der Waals surface area contributed by atoms with Gasteiger partial charge in [0.25, 0.3) is 11.8 Å². The summed E-state index contributed by atoms with van der Waals surface area (Å²) < 4.78 is 10.5. The van der Waals surface area contributed by atoms with Crippen molar-refractivity contribution in [2.45, 2.75) is 31.8 Å². The molecule has 2 amide bonds. The minimum absolute atomic E-state index is 0.0995. The average molecular weight is 420 g/mol. The predicted molar refractivity (Wildman–Crippen MR) is 113 cm³/mol. The van der Waals surface area contributed by atoms with Gasteiger partial charge in [-0.25, -0.2) is 0 Å². The van der Waals surface area contributed by atoms with Crippen molar-refractivity contribution in [3.63, 3.8) is 0 Å². The molecule has 31 heavy (non-hydrogen) atoms. The van der Waals surface area contributed by atoms with Gasteiger partial charge in [0.1, 0.15) is 5.75 Å². The number of hydrogen-bond acceptors (Lipinski definition) is 6. The van der Waals surface area contributed by atoms with E-state index in [9.17, 15) is 9.59 Å². The Morgan fingerprint density at radius 1 is 1.23 bits per heavy atom. The summed E-state index contributed by atoms with van der Waals surface area (Å²) >= 11 is 0. The van der Waals surface area contributed by atoms with E-state index in [1.54, 1.807) is 42.6 Å². The van der Waals surface area contributed by atoms with Crippen molar-refractivity contribution in [3.05, 3.63) is 77.4 Å². The Morgan fingerprint density at radius 2 is 2.03 bits per heavy atom. The van der Waals surface area contributed by atoms with Crippen molar-refractivity contribution in [2.75, 3.05) is 13.7 Å². The van der Waals surface area contributed by atoms with Gasteiger partial charge in [0.05, 0.1) is 19.2 Å². The zero-order valence-electron chi connectivity index (χ0n) is 17.3. The summed E-state index contributed by atoms with van der Waals surface area (Å²) in [6.45, 7) is 0.742. The number of carbonyl (C=O) groups is 2. The Labute approximate surface area is 180 Å². The van der Waals surface area contributed by atoms with Gasteiger partial charge < -0.3 is 19.5 Å². The molecule has 3 aromatic rings. The van der Waals surface area contributed by atoms with E-state index in [1.807, 2.05) is 24.3 Å². The molecule has 1 saturated carbocycles. The number of hydrogen-bond donors (Lipinski definition) is 1. The zero-order valence-corrected chi connectivity index (χ0v) is 17.3. The fourth-order valence-corrected chi connectivity index (χ4v) is 3.27. The van der Waals surface area contributed by atoms with Gasteiger partial charge in [0.15, 0.2) is 11.5 Å². The maximum atomic E-state index is 12.8. The Bertz CT molecular complexity index is 1030. The molecule has 1 aromatic carbocycles. The lowest BCUT2D eigenvalue weighted by atomic mass is 10.1. The SMILES string of the molecule is COc1ccc(CCNC(=O)c2cc(CN(C(=O)c3cccnc3)C3CC3)on2)cc1. The minimum Gasteiger partial charge on any atom is -0.497 e. The number of aromatic nitrogens is 2. The number of rotatable bonds is 9. The van der Waals surface area contributed by atoms with E-state index in [1.165, 1.54) is 0 Å². The smallest absolute Gasteiger partial charge is 0.273 e. The van der Waals surface area contributed by atoms with E-state index in [4.69, 9.17) is 9.26 Å². The molecule has 0 unspecified atom stereocenters. The summed E-state index contributed by atoms with van der Waals surface area (Å²) in [5, 5.41) is 6.72. The van der Waals surface area contributed by atoms with Gasteiger partial charge in [0.2, 0.25) is 0 Å². The molecule has 0 saturated heterocycles. The average Bonchev–Trinajstić information content (AvgIpc) is 3.55. The topological polar surface area (TPSA) is 97.6 Å². The van der Waals surface area contributed by atoms with Crippen LogP contribution in [0.1, 0.15) is 45.0 Å². The van der Waals surface area contributed by atoms with Gasteiger partial charge in [0, 0.05) is 31.0 Å². The van der Waals surface area contributed by atoms with Gasteiger partial charge in [-0.3, -0.25) is 14.6 Å². The third-order valence-corrected chi connectivity index (χ3v) is 5.13. The first-order chi connectivity index (χ1) is 15.1. The molecular weight excluding hydrogens is 396 g/mol. The minimum atomic E-state index is -0.305. The second kappa shape index (κ2) is 9.42. The van der Waals surface area contributed by atoms with Gasteiger partial charge in [-0.15, -0.1) is 0 Å². The summed E-state index contributed by atoms with van der Waals surface area (Å²) in [6, 6.07) is 13.0. The van der Waals surface area contributed by atoms with E-state index < -0.39 is 0 Å². The highest BCUT2D eigenvalue weighted by Crippen LogP contribution is 2.30. The van der Waals surface area contributed by atoms with Crippen LogP contribution in [-0.2, 0) is 13.0 Å². The number of nitrogens with zero attached hydrogens (tertiary/aromatic N) is 3. The third-order valence-electron chi connectivity index (χ3n) is 5.13. The maximum Gasteiger partial charge on any atom is 0.273 e. The predicted octanol–water partition coefficient (Wildman–Crippen LogP) is 2.86. The number of methoxy groups -OCH3 is 1. The summed E-state index contributed by atoms with van der Waals surface area (Å²) in [6.07, 6.45) is 5.79. The highest BCUT2D eigenvalue weighted by molar-refractivity contribution is 5.94. The molecule has 2 heterocycles. The number of carbonyl (C=O) groups excluding carboxylic acids is 2. The number of nitrogens with one attached hydrogen (secondary N) is 1. The molecule has 0 atom stereocenters. The van der Waals surface area contributed by atoms with E-state index in [0.717, 1.165) is 24.2 Å². The first kappa shape index (κ1) is 20.6. The van der Waals surface area contributed by atoms with Crippen molar-refractivity contribution < 1.29 is 18.8 Å². The maximum absolute atomic E-state index is 12.8. The van der Waals surface area contributed by atoms with Crippen LogP contribution >= 0.6 is 0 Å². The largest absolute Gasteiger partial charge is 0.497 e. The molecule has 0 aliphatic heterocycles. The lowest BCUT2D eigenvalue weighted by molar-refractivity contribution is 0.0712. The van der Waals surface area contributed by atoms with Crippen LogP contribution in [0.3, 0.4) is 0 Å². The van der Waals surface area contributed by atoms with Crippen LogP contribution in [0.2, 0.25) is 0 Å². The Hall–Kier alpha value is -3.68. The Morgan fingerprint density at radius 3 is 2.71 bits per heavy atom. The van der Waals surface area contributed by atoms with Crippen LogP contribution < -0.4 is 10.1 Å². The van der Waals surface area contributed by atoms with Gasteiger partial charge >= 0.3 is 0 Å². The van der Waals surface area contributed by atoms with Gasteiger partial charge in [-0.1, -0.05) is 17.3 Å². The van der Waals surface area contributed by atoms with Crippen LogP contribution in [0, 0.1) is 0 Å². The number of benzene rings is 1. The second-order valence-corrected chi connectivity index (χ2v) is 7.44. The van der Waals surface area contributed by atoms with Crippen LogP contribution in [0.4, 0.5) is 0 Å². The van der Waals surface area contributed by atoms with Crippen molar-refractivity contribution in [3.8, 4) is 5.75 Å². The molecule has 8 nitrogen and oxygen atoms in total. The number of pyridine rings is 1. The quantitative estimate of drug-likeness (QED) is 0.572. The Balaban J connectivity index is 1.32. The third kappa shape index (κ3) is 5.28. The van der Waals surface area contributed by atoms with Gasteiger partial charge in [-0.05, 0) is 49.1 Å². The molecule has 160 valence electrons. The van der Waals surface area contributed by atoms with E-state index >= 15 is 0 Å². The van der Waals surface area contributed by atoms with Crippen LogP contribution in [0.5, 0.6) is 5.75 Å². The summed E-state index contributed by atoms with van der Waals surface area (Å²) in [4.78, 5) is 31.0. The van der Waals surface area contributed by atoms with Crippen molar-refractivity contribution >= 4 is 11.8 Å². The number of ether oxygens (including phenoxy) is 1. The van der Waals surface area contributed by atoms with E-state index in [0.29, 0.717) is 24.3 Å². The fraction of sp³-hybridized carbons (Fsp3) is 0.304. The molecule has 0 spiro atoms. The molecule has 1 aliphatic rings. The van der Waals surface area contributed by atoms with E-state index in [-0.39, 0.29) is 30.1 Å². The molecule has 1 fully saturated rings. The highest BCUT2D eigenvalue weighted by Gasteiger charge is 2.34. The fourth-order valence-electron chi connectivity index (χ4n) is 3.27. The van der Waals surface area contributed by atoms with Crippen LogP contribution in [-0.4, -0.2) is 46.6 Å². The van der Waals surface area contributed by atoms with Gasteiger partial charge in [-0.2, -0.15) is 0 Å². The standard InChI is InChI=1S/C23H24N4O4/c1-30-19-8-4-16(5-9-19)10-12-25-22(28)21-13-20(31-26-21)15-27(18-6-7-18)23(29)17-3-2-11-24-14-17/h2-5,8-9,11,13-14,18H,6-7,10,12,15H2,1H3,(H,25,28). The van der Waals surface area contributed by atoms with Crippen molar-refractivity contribution in [1.29, 1.82) is 0 Å². The number of amides is 2. The molecule has 0 radical (unpaired) electrons. The monoisotopic (exact) mass is 420 g/mol. The van der Waals surface area contributed by atoms with E-state index in [2.05, 4.69) is 15.5 Å². The van der Waals surface area contributed by atoms with Crippen molar-refractivity contribution in [1.82, 2.24) is 20.4 Å². The normalized spacial score (nSPS) is 12.9. The lowest BCUT2D eigenvalue weighted by Crippen LogP contribution is -2.32. The summed E-state index contributed by atoms with van der Waals surface area (Å²) in [5.41, 5.74) is 1.83. The highest BCUT2D eigenvalue weighted by atomic mass is 16.5. The van der Waals surface area contributed by atoms with Crippen LogP contribution in [0.15, 0.2) is 59.4 Å². The second-order valence-electron chi connectivity index (χ2n) is 7.44. The molecule has 4 rings (SSSR count). The van der Waals surface area contributed by atoms with Crippen LogP contribution in [0.25, 0.3) is 0 Å².